The third-order valence-corrected chi connectivity index (χ3v) is 3.89. The predicted molar refractivity (Wildman–Crippen MR) is 101 cm³/mol. The molecule has 2 aromatic carbocycles. The Labute approximate surface area is 156 Å². The Morgan fingerprint density at radius 2 is 1.70 bits per heavy atom. The number of aromatic nitrogens is 1. The fourth-order valence-corrected chi connectivity index (χ4v) is 2.52. The molecular weight excluding hydrogens is 348 g/mol. The van der Waals surface area contributed by atoms with Crippen molar-refractivity contribution in [3.63, 3.8) is 0 Å². The lowest BCUT2D eigenvalue weighted by Gasteiger charge is -2.11. The molecule has 0 aliphatic rings. The molecule has 3 rings (SSSR count). The predicted octanol–water partition coefficient (Wildman–Crippen LogP) is 4.48. The van der Waals surface area contributed by atoms with E-state index < -0.39 is 11.6 Å². The van der Waals surface area contributed by atoms with Crippen LogP contribution in [0.4, 0.5) is 14.6 Å². The van der Waals surface area contributed by atoms with Gasteiger partial charge in [0.05, 0.1) is 5.56 Å². The molecule has 138 valence electrons. The summed E-state index contributed by atoms with van der Waals surface area (Å²) < 4.78 is 33.2. The maximum absolute atomic E-state index is 13.8. The second kappa shape index (κ2) is 8.40. The molecule has 0 saturated carbocycles. The monoisotopic (exact) mass is 367 g/mol. The van der Waals surface area contributed by atoms with Crippen LogP contribution in [-0.4, -0.2) is 10.8 Å². The summed E-state index contributed by atoms with van der Waals surface area (Å²) in [5, 5.41) is 0. The number of aliphatic imine (C=N–C) groups is 1. The molecule has 0 aliphatic heterocycles. The Hall–Kier alpha value is -3.28. The van der Waals surface area contributed by atoms with Gasteiger partial charge >= 0.3 is 0 Å². The molecule has 2 N–H and O–H groups in total. The molecular formula is C21H19F2N3O. The highest BCUT2D eigenvalue weighted by atomic mass is 19.1. The molecule has 0 bridgehead atoms. The van der Waals surface area contributed by atoms with E-state index in [1.165, 1.54) is 18.2 Å². The van der Waals surface area contributed by atoms with Gasteiger partial charge in [-0.2, -0.15) is 0 Å². The summed E-state index contributed by atoms with van der Waals surface area (Å²) in [7, 11) is 0. The van der Waals surface area contributed by atoms with Gasteiger partial charge in [-0.05, 0) is 36.8 Å². The van der Waals surface area contributed by atoms with Crippen LogP contribution in [0.15, 0.2) is 65.7 Å². The van der Waals surface area contributed by atoms with Gasteiger partial charge in [0.2, 0.25) is 0 Å². The van der Waals surface area contributed by atoms with E-state index in [-0.39, 0.29) is 18.0 Å². The maximum atomic E-state index is 13.8. The zero-order chi connectivity index (χ0) is 19.2. The van der Waals surface area contributed by atoms with Gasteiger partial charge in [0.25, 0.3) is 0 Å². The fourth-order valence-electron chi connectivity index (χ4n) is 2.52. The lowest BCUT2D eigenvalue weighted by atomic mass is 10.1. The van der Waals surface area contributed by atoms with Gasteiger partial charge in [0, 0.05) is 12.1 Å². The number of nitrogens with zero attached hydrogens (tertiary/aromatic N) is 2. The fraction of sp³-hybridized carbons (Fsp3) is 0.143. The van der Waals surface area contributed by atoms with Crippen LogP contribution < -0.4 is 10.5 Å². The summed E-state index contributed by atoms with van der Waals surface area (Å²) in [5.74, 6) is -0.381. The minimum absolute atomic E-state index is 0.148. The second-order valence-corrected chi connectivity index (χ2v) is 6.03. The lowest BCUT2D eigenvalue weighted by Crippen LogP contribution is -2.14. The van der Waals surface area contributed by atoms with Crippen LogP contribution in [0.25, 0.3) is 0 Å². The molecule has 0 radical (unpaired) electrons. The zero-order valence-electron chi connectivity index (χ0n) is 14.8. The van der Waals surface area contributed by atoms with Gasteiger partial charge in [0.1, 0.15) is 24.1 Å². The Bertz CT molecular complexity index is 939. The van der Waals surface area contributed by atoms with Gasteiger partial charge in [-0.25, -0.2) is 18.8 Å². The minimum atomic E-state index is -0.663. The summed E-state index contributed by atoms with van der Waals surface area (Å²) in [5.41, 5.74) is 7.64. The normalized spacial score (nSPS) is 11.4. The van der Waals surface area contributed by atoms with Crippen molar-refractivity contribution in [3.8, 4) is 5.75 Å². The minimum Gasteiger partial charge on any atom is -0.485 e. The molecule has 1 aromatic heterocycles. The van der Waals surface area contributed by atoms with E-state index in [1.807, 2.05) is 37.3 Å². The van der Waals surface area contributed by atoms with Crippen molar-refractivity contribution < 1.29 is 13.5 Å². The number of amidine groups is 1. The molecule has 3 aromatic rings. The van der Waals surface area contributed by atoms with Gasteiger partial charge in [-0.15, -0.1) is 0 Å². The molecule has 0 amide bonds. The molecule has 27 heavy (non-hydrogen) atoms. The number of ether oxygens (including phenoxy) is 1. The number of hydrogen-bond acceptors (Lipinski definition) is 3. The SMILES string of the molecule is Cc1ccc(OCc2c(F)cccc2F)c(/N=C(/N)Cc2ccccc2)n1. The Balaban J connectivity index is 1.81. The summed E-state index contributed by atoms with van der Waals surface area (Å²) in [6, 6.07) is 16.7. The zero-order valence-corrected chi connectivity index (χ0v) is 14.8. The first-order valence-electron chi connectivity index (χ1n) is 8.43. The Morgan fingerprint density at radius 1 is 1.00 bits per heavy atom. The number of halogens is 2. The number of hydrogen-bond donors (Lipinski definition) is 1. The van der Waals surface area contributed by atoms with Gasteiger partial charge in [-0.1, -0.05) is 36.4 Å². The lowest BCUT2D eigenvalue weighted by molar-refractivity contribution is 0.292. The average molecular weight is 367 g/mol. The first kappa shape index (κ1) is 18.5. The van der Waals surface area contributed by atoms with Crippen LogP contribution in [0.1, 0.15) is 16.8 Å². The van der Waals surface area contributed by atoms with Crippen LogP contribution in [0.5, 0.6) is 5.75 Å². The van der Waals surface area contributed by atoms with Crippen LogP contribution in [0.2, 0.25) is 0 Å². The van der Waals surface area contributed by atoms with E-state index in [4.69, 9.17) is 10.5 Å². The van der Waals surface area contributed by atoms with Crippen LogP contribution in [0, 0.1) is 18.6 Å². The molecule has 0 aliphatic carbocycles. The Kier molecular flexibility index (Phi) is 5.76. The van der Waals surface area contributed by atoms with Crippen molar-refractivity contribution in [2.45, 2.75) is 20.0 Å². The van der Waals surface area contributed by atoms with E-state index in [1.54, 1.807) is 12.1 Å². The number of pyridine rings is 1. The summed E-state index contributed by atoms with van der Waals surface area (Å²) >= 11 is 0. The second-order valence-electron chi connectivity index (χ2n) is 6.03. The van der Waals surface area contributed by atoms with Crippen molar-refractivity contribution in [2.75, 3.05) is 0 Å². The smallest absolute Gasteiger partial charge is 0.196 e. The number of nitrogens with two attached hydrogens (primary N) is 1. The van der Waals surface area contributed by atoms with E-state index in [0.717, 1.165) is 11.3 Å². The first-order chi connectivity index (χ1) is 13.0. The van der Waals surface area contributed by atoms with E-state index in [2.05, 4.69) is 9.98 Å². The summed E-state index contributed by atoms with van der Waals surface area (Å²) in [4.78, 5) is 8.67. The van der Waals surface area contributed by atoms with Gasteiger partial charge < -0.3 is 10.5 Å². The standard InChI is InChI=1S/C21H19F2N3O/c1-14-10-11-19(27-13-16-17(22)8-5-9-18(16)23)21(25-14)26-20(24)12-15-6-3-2-4-7-15/h2-11H,12-13H2,1H3,(H2,24,25,26). The van der Waals surface area contributed by atoms with Crippen molar-refractivity contribution >= 4 is 11.7 Å². The third kappa shape index (κ3) is 4.88. The number of aryl methyl sites for hydroxylation is 1. The number of benzene rings is 2. The van der Waals surface area contributed by atoms with E-state index in [9.17, 15) is 8.78 Å². The first-order valence-corrected chi connectivity index (χ1v) is 8.43. The Morgan fingerprint density at radius 3 is 2.41 bits per heavy atom. The molecule has 0 saturated heterocycles. The quantitative estimate of drug-likeness (QED) is 0.516. The van der Waals surface area contributed by atoms with Crippen LogP contribution >= 0.6 is 0 Å². The van der Waals surface area contributed by atoms with Crippen molar-refractivity contribution in [1.29, 1.82) is 0 Å². The van der Waals surface area contributed by atoms with Crippen molar-refractivity contribution in [2.24, 2.45) is 10.7 Å². The largest absolute Gasteiger partial charge is 0.485 e. The van der Waals surface area contributed by atoms with E-state index >= 15 is 0 Å². The van der Waals surface area contributed by atoms with Crippen LogP contribution in [0.3, 0.4) is 0 Å². The van der Waals surface area contributed by atoms with Crippen LogP contribution in [-0.2, 0) is 13.0 Å². The topological polar surface area (TPSA) is 60.5 Å². The van der Waals surface area contributed by atoms with Gasteiger partial charge in [-0.3, -0.25) is 0 Å². The molecule has 0 atom stereocenters. The van der Waals surface area contributed by atoms with Gasteiger partial charge in [0.15, 0.2) is 11.6 Å². The summed E-state index contributed by atoms with van der Waals surface area (Å²) in [6.45, 7) is 1.54. The summed E-state index contributed by atoms with van der Waals surface area (Å²) in [6.07, 6.45) is 0.456. The third-order valence-electron chi connectivity index (χ3n) is 3.89. The molecule has 0 fully saturated rings. The highest BCUT2D eigenvalue weighted by Crippen LogP contribution is 2.27. The van der Waals surface area contributed by atoms with Crippen molar-refractivity contribution in [3.05, 3.63) is 89.1 Å². The average Bonchev–Trinajstić information content (AvgIpc) is 2.63. The molecule has 1 heterocycles. The molecule has 0 unspecified atom stereocenters. The van der Waals surface area contributed by atoms with Crippen molar-refractivity contribution in [1.82, 2.24) is 4.98 Å². The van der Waals surface area contributed by atoms with E-state index in [0.29, 0.717) is 18.0 Å². The highest BCUT2D eigenvalue weighted by molar-refractivity contribution is 5.85. The number of rotatable bonds is 6. The molecule has 0 spiro atoms. The maximum Gasteiger partial charge on any atom is 0.196 e. The molecule has 4 nitrogen and oxygen atoms in total. The highest BCUT2D eigenvalue weighted by Gasteiger charge is 2.12. The molecule has 6 heteroatoms.